The molecule has 2 N–H and O–H groups in total. The Morgan fingerprint density at radius 3 is 2.30 bits per heavy atom. The van der Waals surface area contributed by atoms with Crippen LogP contribution >= 0.6 is 0 Å². The van der Waals surface area contributed by atoms with Crippen molar-refractivity contribution in [2.24, 2.45) is 0 Å². The second-order valence-electron chi connectivity index (χ2n) is 6.10. The van der Waals surface area contributed by atoms with Crippen molar-refractivity contribution in [2.75, 3.05) is 6.54 Å². The highest BCUT2D eigenvalue weighted by atomic mass is 16.4. The zero-order valence-electron chi connectivity index (χ0n) is 13.2. The summed E-state index contributed by atoms with van der Waals surface area (Å²) in [5, 5.41) is 13.2. The average molecular weight is 307 g/mol. The van der Waals surface area contributed by atoms with E-state index in [1.165, 1.54) is 0 Å². The molecule has 0 saturated heterocycles. The lowest BCUT2D eigenvalue weighted by atomic mass is 9.74. The highest BCUT2D eigenvalue weighted by Crippen LogP contribution is 2.32. The van der Waals surface area contributed by atoms with Gasteiger partial charge < -0.3 is 10.4 Å². The molecule has 1 heterocycles. The van der Waals surface area contributed by atoms with Gasteiger partial charge in [0.15, 0.2) is 0 Å². The molecule has 3 nitrogen and oxygen atoms in total. The van der Waals surface area contributed by atoms with Crippen LogP contribution in [0.1, 0.15) is 18.9 Å². The third-order valence-electron chi connectivity index (χ3n) is 4.66. The second-order valence-corrected chi connectivity index (χ2v) is 6.10. The van der Waals surface area contributed by atoms with Crippen LogP contribution in [0.5, 0.6) is 0 Å². The molecule has 0 radical (unpaired) electrons. The minimum absolute atomic E-state index is 0.198. The van der Waals surface area contributed by atoms with E-state index in [9.17, 15) is 9.90 Å². The van der Waals surface area contributed by atoms with Gasteiger partial charge in [-0.2, -0.15) is 0 Å². The van der Waals surface area contributed by atoms with Gasteiger partial charge in [-0.1, -0.05) is 66.7 Å². The van der Waals surface area contributed by atoms with Gasteiger partial charge in [-0.15, -0.1) is 0 Å². The van der Waals surface area contributed by atoms with Crippen molar-refractivity contribution in [3.63, 3.8) is 0 Å². The number of carbonyl (C=O) groups is 1. The molecule has 3 heteroatoms. The average Bonchev–Trinajstić information content (AvgIpc) is 2.62. The van der Waals surface area contributed by atoms with Crippen LogP contribution in [0.4, 0.5) is 0 Å². The van der Waals surface area contributed by atoms with E-state index in [1.54, 1.807) is 6.92 Å². The molecule has 1 aliphatic heterocycles. The fourth-order valence-electron chi connectivity index (χ4n) is 3.09. The Morgan fingerprint density at radius 1 is 1.09 bits per heavy atom. The van der Waals surface area contributed by atoms with Gasteiger partial charge in [0.25, 0.3) is 0 Å². The van der Waals surface area contributed by atoms with Crippen LogP contribution in [0.2, 0.25) is 0 Å². The van der Waals surface area contributed by atoms with E-state index in [0.29, 0.717) is 0 Å². The molecule has 0 amide bonds. The van der Waals surface area contributed by atoms with E-state index in [-0.39, 0.29) is 6.04 Å². The van der Waals surface area contributed by atoms with Gasteiger partial charge in [0.2, 0.25) is 0 Å². The van der Waals surface area contributed by atoms with Crippen molar-refractivity contribution in [1.82, 2.24) is 5.32 Å². The standard InChI is InChI=1S/C20H21NO2/c1-20(19(22)23,18-9-5-6-14-21-18)17-12-10-16(11-13-17)15-7-3-2-4-8-15/h2-5,7-13,18,21H,6,14H2,1H3,(H,22,23)/t18-,20+/m1/s1. The first-order valence-electron chi connectivity index (χ1n) is 7.92. The fourth-order valence-corrected chi connectivity index (χ4v) is 3.09. The van der Waals surface area contributed by atoms with E-state index in [4.69, 9.17) is 0 Å². The van der Waals surface area contributed by atoms with Gasteiger partial charge in [-0.25, -0.2) is 0 Å². The maximum atomic E-state index is 12.0. The van der Waals surface area contributed by atoms with Gasteiger partial charge in [0, 0.05) is 6.04 Å². The molecule has 0 bridgehead atoms. The second kappa shape index (κ2) is 6.39. The normalized spacial score (nSPS) is 20.0. The number of carboxylic acid groups (broad SMARTS) is 1. The quantitative estimate of drug-likeness (QED) is 0.848. The first-order valence-corrected chi connectivity index (χ1v) is 7.92. The Balaban J connectivity index is 1.96. The van der Waals surface area contributed by atoms with Crippen molar-refractivity contribution in [2.45, 2.75) is 24.8 Å². The molecule has 2 aromatic rings. The molecular formula is C20H21NO2. The zero-order valence-corrected chi connectivity index (χ0v) is 13.2. The molecule has 0 saturated carbocycles. The maximum absolute atomic E-state index is 12.0. The van der Waals surface area contributed by atoms with Crippen LogP contribution in [-0.2, 0) is 10.2 Å². The van der Waals surface area contributed by atoms with Crippen LogP contribution in [-0.4, -0.2) is 23.7 Å². The van der Waals surface area contributed by atoms with Gasteiger partial charge in [-0.3, -0.25) is 4.79 Å². The molecule has 2 aromatic carbocycles. The Bertz CT molecular complexity index is 706. The molecule has 1 aliphatic rings. The number of nitrogens with one attached hydrogen (secondary N) is 1. The van der Waals surface area contributed by atoms with E-state index in [0.717, 1.165) is 29.7 Å². The highest BCUT2D eigenvalue weighted by molar-refractivity contribution is 5.83. The molecule has 0 fully saturated rings. The van der Waals surface area contributed by atoms with Crippen LogP contribution in [0.3, 0.4) is 0 Å². The Hall–Kier alpha value is -2.39. The molecule has 0 aromatic heterocycles. The Kier molecular flexibility index (Phi) is 4.30. The highest BCUT2D eigenvalue weighted by Gasteiger charge is 2.42. The topological polar surface area (TPSA) is 49.3 Å². The molecule has 3 rings (SSSR count). The number of benzene rings is 2. The summed E-state index contributed by atoms with van der Waals surface area (Å²) in [6.07, 6.45) is 4.97. The molecule has 2 atom stereocenters. The minimum atomic E-state index is -0.980. The summed E-state index contributed by atoms with van der Waals surface area (Å²) in [6.45, 7) is 2.60. The fraction of sp³-hybridized carbons (Fsp3) is 0.250. The summed E-state index contributed by atoms with van der Waals surface area (Å²) in [5.41, 5.74) is 2.06. The van der Waals surface area contributed by atoms with E-state index in [1.807, 2.05) is 48.5 Å². The van der Waals surface area contributed by atoms with Crippen molar-refractivity contribution in [3.05, 3.63) is 72.3 Å². The summed E-state index contributed by atoms with van der Waals surface area (Å²) in [6, 6.07) is 17.8. The molecular weight excluding hydrogens is 286 g/mol. The van der Waals surface area contributed by atoms with Crippen LogP contribution < -0.4 is 5.32 Å². The molecule has 0 unspecified atom stereocenters. The summed E-state index contributed by atoms with van der Waals surface area (Å²) < 4.78 is 0. The lowest BCUT2D eigenvalue weighted by Gasteiger charge is -2.35. The number of hydrogen-bond acceptors (Lipinski definition) is 2. The van der Waals surface area contributed by atoms with Crippen LogP contribution in [0.15, 0.2) is 66.7 Å². The van der Waals surface area contributed by atoms with Gasteiger partial charge in [-0.05, 0) is 36.6 Å². The van der Waals surface area contributed by atoms with E-state index < -0.39 is 11.4 Å². The van der Waals surface area contributed by atoms with E-state index in [2.05, 4.69) is 23.5 Å². The SMILES string of the molecule is C[C@](C(=O)O)(c1ccc(-c2ccccc2)cc1)[C@H]1C=CCCN1. The monoisotopic (exact) mass is 307 g/mol. The predicted octanol–water partition coefficient (Wildman–Crippen LogP) is 3.61. The lowest BCUT2D eigenvalue weighted by Crippen LogP contribution is -2.51. The zero-order chi connectivity index (χ0) is 16.3. The lowest BCUT2D eigenvalue weighted by molar-refractivity contribution is -0.144. The van der Waals surface area contributed by atoms with Crippen molar-refractivity contribution >= 4 is 5.97 Å². The molecule has 0 aliphatic carbocycles. The number of rotatable bonds is 4. The Morgan fingerprint density at radius 2 is 1.74 bits per heavy atom. The number of aliphatic carboxylic acids is 1. The van der Waals surface area contributed by atoms with E-state index >= 15 is 0 Å². The number of carboxylic acids is 1. The van der Waals surface area contributed by atoms with Crippen molar-refractivity contribution in [1.29, 1.82) is 0 Å². The van der Waals surface area contributed by atoms with Gasteiger partial charge in [0.1, 0.15) is 5.41 Å². The summed E-state index contributed by atoms with van der Waals surface area (Å²) in [7, 11) is 0. The third-order valence-corrected chi connectivity index (χ3v) is 4.66. The van der Waals surface area contributed by atoms with Crippen LogP contribution in [0.25, 0.3) is 11.1 Å². The van der Waals surface area contributed by atoms with Gasteiger partial charge in [0.05, 0.1) is 0 Å². The maximum Gasteiger partial charge on any atom is 0.315 e. The smallest absolute Gasteiger partial charge is 0.315 e. The predicted molar refractivity (Wildman–Crippen MR) is 92.4 cm³/mol. The number of hydrogen-bond donors (Lipinski definition) is 2. The molecule has 0 spiro atoms. The van der Waals surface area contributed by atoms with Crippen molar-refractivity contribution in [3.8, 4) is 11.1 Å². The first-order chi connectivity index (χ1) is 11.1. The summed E-state index contributed by atoms with van der Waals surface area (Å²) in [5.74, 6) is -0.811. The Labute approximate surface area is 136 Å². The molecule has 118 valence electrons. The van der Waals surface area contributed by atoms with Crippen LogP contribution in [0, 0.1) is 0 Å². The van der Waals surface area contributed by atoms with Crippen molar-refractivity contribution < 1.29 is 9.90 Å². The van der Waals surface area contributed by atoms with Gasteiger partial charge >= 0.3 is 5.97 Å². The first kappa shape index (κ1) is 15.5. The third kappa shape index (κ3) is 2.92. The minimum Gasteiger partial charge on any atom is -0.481 e. The summed E-state index contributed by atoms with van der Waals surface area (Å²) >= 11 is 0. The molecule has 23 heavy (non-hydrogen) atoms. The largest absolute Gasteiger partial charge is 0.481 e. The summed E-state index contributed by atoms with van der Waals surface area (Å²) in [4.78, 5) is 12.0.